The number of nitrogens with two attached hydrogens (primary N) is 1. The Hall–Kier alpha value is -2.67. The molecule has 0 spiro atoms. The average molecular weight is 448 g/mol. The van der Waals surface area contributed by atoms with E-state index in [4.69, 9.17) is 10.7 Å². The van der Waals surface area contributed by atoms with Crippen LogP contribution in [0.15, 0.2) is 24.3 Å². The molecule has 7 heteroatoms. The number of nitrogens with zero attached hydrogens (tertiary/aromatic N) is 3. The van der Waals surface area contributed by atoms with Crippen LogP contribution in [-0.4, -0.2) is 34.5 Å². The molecule has 3 aromatic rings. The Morgan fingerprint density at radius 2 is 2.06 bits per heavy atom. The topological polar surface area (TPSA) is 84.1 Å². The van der Waals surface area contributed by atoms with Crippen molar-refractivity contribution in [2.75, 3.05) is 17.2 Å². The molecule has 0 radical (unpaired) electrons. The third-order valence-corrected chi connectivity index (χ3v) is 8.69. The van der Waals surface area contributed by atoms with Crippen molar-refractivity contribution in [3.63, 3.8) is 0 Å². The Kier molecular flexibility index (Phi) is 4.82. The molecule has 6 nitrogen and oxygen atoms in total. The Balaban J connectivity index is 1.17. The highest BCUT2D eigenvalue weighted by Gasteiger charge is 2.38. The lowest BCUT2D eigenvalue weighted by molar-refractivity contribution is 0.0938. The number of nitrogen functional groups attached to an aromatic ring is 1. The van der Waals surface area contributed by atoms with E-state index in [1.165, 1.54) is 48.3 Å². The second-order valence-electron chi connectivity index (χ2n) is 9.58. The van der Waals surface area contributed by atoms with Crippen LogP contribution in [0.1, 0.15) is 58.7 Å². The molecule has 166 valence electrons. The summed E-state index contributed by atoms with van der Waals surface area (Å²) in [4.78, 5) is 26.5. The standard InChI is InChI=1S/C25H29N5OS/c1-14-5-8-18-22(26)23(32-25(18)27-14)24(31)28-17-7-9-19-16(13-17)6-10-21(29-19)30-12-11-15-3-2-4-20(15)30/h5-6,8,10,15,17,20H,2-4,7,9,11-13,26H2,1H3,(H,28,31)/t15-,17+,20-/m1/s1. The van der Waals surface area contributed by atoms with E-state index in [9.17, 15) is 4.79 Å². The highest BCUT2D eigenvalue weighted by molar-refractivity contribution is 7.21. The molecule has 3 atom stereocenters. The Morgan fingerprint density at radius 3 is 2.97 bits per heavy atom. The second-order valence-corrected chi connectivity index (χ2v) is 10.6. The zero-order chi connectivity index (χ0) is 21.8. The van der Waals surface area contributed by atoms with Gasteiger partial charge in [0.05, 0.1) is 5.69 Å². The quantitative estimate of drug-likeness (QED) is 0.627. The van der Waals surface area contributed by atoms with Crippen molar-refractivity contribution in [3.8, 4) is 0 Å². The highest BCUT2D eigenvalue weighted by atomic mass is 32.1. The van der Waals surface area contributed by atoms with Crippen molar-refractivity contribution < 1.29 is 4.79 Å². The number of aryl methyl sites for hydroxylation is 2. The number of thiophene rings is 1. The lowest BCUT2D eigenvalue weighted by Crippen LogP contribution is -2.39. The number of rotatable bonds is 3. The molecule has 2 fully saturated rings. The fraction of sp³-hybridized carbons (Fsp3) is 0.480. The Labute approximate surface area is 192 Å². The first-order valence-electron chi connectivity index (χ1n) is 11.8. The highest BCUT2D eigenvalue weighted by Crippen LogP contribution is 2.40. The first-order chi connectivity index (χ1) is 15.6. The average Bonchev–Trinajstić information content (AvgIpc) is 3.48. The monoisotopic (exact) mass is 447 g/mol. The van der Waals surface area contributed by atoms with Crippen molar-refractivity contribution >= 4 is 39.0 Å². The van der Waals surface area contributed by atoms with Crippen LogP contribution in [0.3, 0.4) is 0 Å². The van der Waals surface area contributed by atoms with Crippen LogP contribution in [0.25, 0.3) is 10.2 Å². The number of fused-ring (bicyclic) bond motifs is 3. The molecule has 0 bridgehead atoms. The van der Waals surface area contributed by atoms with Gasteiger partial charge in [-0.05, 0) is 75.1 Å². The van der Waals surface area contributed by atoms with Crippen molar-refractivity contribution in [1.29, 1.82) is 0 Å². The maximum Gasteiger partial charge on any atom is 0.263 e. The molecule has 0 aromatic carbocycles. The van der Waals surface area contributed by atoms with Gasteiger partial charge in [-0.25, -0.2) is 9.97 Å². The molecule has 32 heavy (non-hydrogen) atoms. The summed E-state index contributed by atoms with van der Waals surface area (Å²) >= 11 is 1.38. The predicted octanol–water partition coefficient (Wildman–Crippen LogP) is 4.25. The summed E-state index contributed by atoms with van der Waals surface area (Å²) < 4.78 is 0. The number of carbonyl (C=O) groups is 1. The van der Waals surface area contributed by atoms with Gasteiger partial charge in [0.15, 0.2) is 0 Å². The number of aromatic nitrogens is 2. The van der Waals surface area contributed by atoms with Gasteiger partial charge in [0.2, 0.25) is 0 Å². The van der Waals surface area contributed by atoms with Gasteiger partial charge in [0, 0.05) is 35.4 Å². The molecule has 1 saturated heterocycles. The van der Waals surface area contributed by atoms with Gasteiger partial charge in [-0.2, -0.15) is 0 Å². The SMILES string of the molecule is Cc1ccc2c(N)c(C(=O)N[C@H]3CCc4nc(N5CC[C@H]6CCC[C@H]65)ccc4C3)sc2n1. The largest absolute Gasteiger partial charge is 0.397 e. The number of nitrogens with one attached hydrogen (secondary N) is 1. The minimum Gasteiger partial charge on any atom is -0.397 e. The van der Waals surface area contributed by atoms with E-state index in [2.05, 4.69) is 27.3 Å². The third-order valence-electron chi connectivity index (χ3n) is 7.58. The fourth-order valence-corrected chi connectivity index (χ4v) is 6.95. The van der Waals surface area contributed by atoms with E-state index < -0.39 is 0 Å². The van der Waals surface area contributed by atoms with Crippen molar-refractivity contribution in [2.45, 2.75) is 64.0 Å². The van der Waals surface area contributed by atoms with E-state index in [-0.39, 0.29) is 11.9 Å². The van der Waals surface area contributed by atoms with Gasteiger partial charge < -0.3 is 16.0 Å². The van der Waals surface area contributed by atoms with Gasteiger partial charge in [-0.1, -0.05) is 12.5 Å². The maximum absolute atomic E-state index is 13.0. The first-order valence-corrected chi connectivity index (χ1v) is 12.6. The molecule has 1 aliphatic heterocycles. The smallest absolute Gasteiger partial charge is 0.263 e. The lowest BCUT2D eigenvalue weighted by Gasteiger charge is -2.29. The number of anilines is 2. The molecule has 2 aliphatic carbocycles. The zero-order valence-corrected chi connectivity index (χ0v) is 19.3. The molecule has 1 saturated carbocycles. The normalized spacial score (nSPS) is 24.5. The van der Waals surface area contributed by atoms with Crippen molar-refractivity contribution in [1.82, 2.24) is 15.3 Å². The minimum atomic E-state index is -0.0921. The van der Waals surface area contributed by atoms with Gasteiger partial charge >= 0.3 is 0 Å². The Morgan fingerprint density at radius 1 is 1.16 bits per heavy atom. The molecule has 3 aromatic heterocycles. The fourth-order valence-electron chi connectivity index (χ4n) is 5.91. The van der Waals surface area contributed by atoms with Crippen LogP contribution >= 0.6 is 11.3 Å². The summed E-state index contributed by atoms with van der Waals surface area (Å²) in [6.45, 7) is 3.09. The van der Waals surface area contributed by atoms with Crippen LogP contribution < -0.4 is 16.0 Å². The minimum absolute atomic E-state index is 0.0921. The number of hydrogen-bond donors (Lipinski definition) is 2. The molecule has 0 unspecified atom stereocenters. The van der Waals surface area contributed by atoms with E-state index in [1.807, 2.05) is 19.1 Å². The molecular weight excluding hydrogens is 418 g/mol. The summed E-state index contributed by atoms with van der Waals surface area (Å²) in [7, 11) is 0. The van der Waals surface area contributed by atoms with Gasteiger partial charge in [0.25, 0.3) is 5.91 Å². The number of amides is 1. The van der Waals surface area contributed by atoms with Gasteiger partial charge in [-0.3, -0.25) is 4.79 Å². The zero-order valence-electron chi connectivity index (χ0n) is 18.4. The maximum atomic E-state index is 13.0. The molecule has 3 aliphatic rings. The van der Waals surface area contributed by atoms with Crippen LogP contribution in [0.4, 0.5) is 11.5 Å². The van der Waals surface area contributed by atoms with E-state index in [0.717, 1.165) is 53.5 Å². The van der Waals surface area contributed by atoms with Crippen LogP contribution in [-0.2, 0) is 12.8 Å². The van der Waals surface area contributed by atoms with Crippen molar-refractivity contribution in [3.05, 3.63) is 46.1 Å². The summed E-state index contributed by atoms with van der Waals surface area (Å²) in [5.74, 6) is 1.93. The predicted molar refractivity (Wildman–Crippen MR) is 129 cm³/mol. The van der Waals surface area contributed by atoms with Gasteiger partial charge in [-0.15, -0.1) is 11.3 Å². The van der Waals surface area contributed by atoms with Crippen LogP contribution in [0.5, 0.6) is 0 Å². The molecular formula is C25H29N5OS. The van der Waals surface area contributed by atoms with Gasteiger partial charge in [0.1, 0.15) is 15.5 Å². The summed E-state index contributed by atoms with van der Waals surface area (Å²) in [6.07, 6.45) is 8.00. The number of hydrogen-bond acceptors (Lipinski definition) is 6. The Bertz CT molecular complexity index is 1200. The summed E-state index contributed by atoms with van der Waals surface area (Å²) in [5, 5.41) is 4.08. The van der Waals surface area contributed by atoms with E-state index >= 15 is 0 Å². The number of pyridine rings is 2. The number of carbonyl (C=O) groups excluding carboxylic acids is 1. The molecule has 6 rings (SSSR count). The van der Waals surface area contributed by atoms with Crippen LogP contribution in [0, 0.1) is 12.8 Å². The first kappa shape index (κ1) is 20.0. The molecule has 3 N–H and O–H groups in total. The van der Waals surface area contributed by atoms with Crippen LogP contribution in [0.2, 0.25) is 0 Å². The van der Waals surface area contributed by atoms with Crippen molar-refractivity contribution in [2.24, 2.45) is 5.92 Å². The summed E-state index contributed by atoms with van der Waals surface area (Å²) in [5.41, 5.74) is 10.2. The van der Waals surface area contributed by atoms with E-state index in [1.54, 1.807) is 0 Å². The third kappa shape index (κ3) is 3.34. The lowest BCUT2D eigenvalue weighted by atomic mass is 9.91. The molecule has 4 heterocycles. The van der Waals surface area contributed by atoms with E-state index in [0.29, 0.717) is 16.6 Å². The summed E-state index contributed by atoms with van der Waals surface area (Å²) in [6, 6.07) is 9.12. The second kappa shape index (κ2) is 7.73. The molecule has 1 amide bonds.